The van der Waals surface area contributed by atoms with Gasteiger partial charge in [-0.2, -0.15) is 13.2 Å². The molecule has 0 radical (unpaired) electrons. The fraction of sp³-hybridized carbons (Fsp3) is 0.174. The van der Waals surface area contributed by atoms with Crippen LogP contribution in [-0.4, -0.2) is 20.0 Å². The molecule has 0 spiro atoms. The maximum Gasteiger partial charge on any atom is 0.416 e. The Morgan fingerprint density at radius 1 is 1.00 bits per heavy atom. The van der Waals surface area contributed by atoms with E-state index in [0.29, 0.717) is 28.6 Å². The number of furan rings is 1. The SMILES string of the molecule is COc1ccc(OC)c(C(=O)/C=C/c2ccc(COc3cccc(C(F)(F)F)c3)o2)c1. The monoisotopic (exact) mass is 432 g/mol. The summed E-state index contributed by atoms with van der Waals surface area (Å²) in [5, 5.41) is 0. The van der Waals surface area contributed by atoms with Gasteiger partial charge < -0.3 is 18.6 Å². The molecule has 0 aliphatic carbocycles. The first-order valence-corrected chi connectivity index (χ1v) is 9.13. The Morgan fingerprint density at radius 3 is 2.52 bits per heavy atom. The minimum absolute atomic E-state index is 0.0627. The number of halogens is 3. The number of carbonyl (C=O) groups excluding carboxylic acids is 1. The normalized spacial score (nSPS) is 11.5. The summed E-state index contributed by atoms with van der Waals surface area (Å²) in [6.45, 7) is -0.0627. The topological polar surface area (TPSA) is 57.9 Å². The highest BCUT2D eigenvalue weighted by Crippen LogP contribution is 2.31. The maximum atomic E-state index is 12.8. The van der Waals surface area contributed by atoms with Crippen LogP contribution in [0.3, 0.4) is 0 Å². The molecular weight excluding hydrogens is 413 g/mol. The summed E-state index contributed by atoms with van der Waals surface area (Å²) in [5.74, 6) is 1.47. The van der Waals surface area contributed by atoms with E-state index in [-0.39, 0.29) is 18.1 Å². The van der Waals surface area contributed by atoms with E-state index >= 15 is 0 Å². The molecule has 0 aliphatic rings. The van der Waals surface area contributed by atoms with Gasteiger partial charge in [0.05, 0.1) is 25.3 Å². The second-order valence-corrected chi connectivity index (χ2v) is 6.38. The van der Waals surface area contributed by atoms with Crippen LogP contribution >= 0.6 is 0 Å². The molecule has 2 aromatic carbocycles. The molecule has 1 heterocycles. The van der Waals surface area contributed by atoms with Crippen molar-refractivity contribution in [3.63, 3.8) is 0 Å². The zero-order valence-corrected chi connectivity index (χ0v) is 16.7. The molecule has 0 saturated carbocycles. The van der Waals surface area contributed by atoms with Crippen molar-refractivity contribution in [1.29, 1.82) is 0 Å². The van der Waals surface area contributed by atoms with E-state index in [1.807, 2.05) is 0 Å². The highest BCUT2D eigenvalue weighted by Gasteiger charge is 2.30. The van der Waals surface area contributed by atoms with Gasteiger partial charge in [0.2, 0.25) is 0 Å². The van der Waals surface area contributed by atoms with Crippen LogP contribution in [0.2, 0.25) is 0 Å². The van der Waals surface area contributed by atoms with Crippen LogP contribution < -0.4 is 14.2 Å². The van der Waals surface area contributed by atoms with Crippen molar-refractivity contribution in [2.45, 2.75) is 12.8 Å². The van der Waals surface area contributed by atoms with Crippen LogP contribution in [0, 0.1) is 0 Å². The molecule has 3 rings (SSSR count). The van der Waals surface area contributed by atoms with Crippen molar-refractivity contribution in [2.75, 3.05) is 14.2 Å². The molecule has 5 nitrogen and oxygen atoms in total. The summed E-state index contributed by atoms with van der Waals surface area (Å²) in [6, 6.07) is 12.7. The third-order valence-electron chi connectivity index (χ3n) is 4.30. The lowest BCUT2D eigenvalue weighted by molar-refractivity contribution is -0.137. The Balaban J connectivity index is 1.65. The standard InChI is InChI=1S/C23H19F3O5/c1-28-17-9-11-22(29-2)20(13-17)21(27)10-8-16-6-7-19(31-16)14-30-18-5-3-4-15(12-18)23(24,25)26/h3-13H,14H2,1-2H3/b10-8+. The number of ketones is 1. The molecule has 8 heteroatoms. The molecule has 0 aliphatic heterocycles. The number of hydrogen-bond donors (Lipinski definition) is 0. The minimum Gasteiger partial charge on any atom is -0.497 e. The summed E-state index contributed by atoms with van der Waals surface area (Å²) < 4.78 is 59.6. The average molecular weight is 432 g/mol. The van der Waals surface area contributed by atoms with E-state index in [2.05, 4.69) is 0 Å². The summed E-state index contributed by atoms with van der Waals surface area (Å²) in [4.78, 5) is 12.5. The predicted octanol–water partition coefficient (Wildman–Crippen LogP) is 5.79. The second-order valence-electron chi connectivity index (χ2n) is 6.38. The number of methoxy groups -OCH3 is 2. The number of rotatable bonds is 8. The number of alkyl halides is 3. The maximum absolute atomic E-state index is 12.8. The molecule has 31 heavy (non-hydrogen) atoms. The Kier molecular flexibility index (Phi) is 6.69. The Bertz CT molecular complexity index is 1080. The number of carbonyl (C=O) groups is 1. The first kappa shape index (κ1) is 22.0. The highest BCUT2D eigenvalue weighted by molar-refractivity contribution is 6.08. The van der Waals surface area contributed by atoms with Gasteiger partial charge in [-0.25, -0.2) is 0 Å². The molecule has 0 bridgehead atoms. The Labute approximate surface area is 176 Å². The fourth-order valence-corrected chi connectivity index (χ4v) is 2.73. The zero-order valence-electron chi connectivity index (χ0n) is 16.7. The lowest BCUT2D eigenvalue weighted by Crippen LogP contribution is -2.05. The van der Waals surface area contributed by atoms with E-state index < -0.39 is 11.7 Å². The fourth-order valence-electron chi connectivity index (χ4n) is 2.73. The number of allylic oxidation sites excluding steroid dienone is 1. The molecule has 0 atom stereocenters. The van der Waals surface area contributed by atoms with Crippen molar-refractivity contribution in [3.8, 4) is 17.2 Å². The van der Waals surface area contributed by atoms with Crippen molar-refractivity contribution in [3.05, 3.63) is 83.3 Å². The van der Waals surface area contributed by atoms with Crippen molar-refractivity contribution in [1.82, 2.24) is 0 Å². The van der Waals surface area contributed by atoms with Crippen LogP contribution in [0.25, 0.3) is 6.08 Å². The smallest absolute Gasteiger partial charge is 0.416 e. The van der Waals surface area contributed by atoms with Crippen molar-refractivity contribution < 1.29 is 36.6 Å². The molecule has 0 fully saturated rings. The van der Waals surface area contributed by atoms with Gasteiger partial charge in [-0.05, 0) is 60.7 Å². The van der Waals surface area contributed by atoms with Gasteiger partial charge in [-0.1, -0.05) is 6.07 Å². The summed E-state index contributed by atoms with van der Waals surface area (Å²) in [6.07, 6.45) is -1.64. The van der Waals surface area contributed by atoms with Crippen LogP contribution in [0.15, 0.2) is 65.1 Å². The molecular formula is C23H19F3O5. The first-order valence-electron chi connectivity index (χ1n) is 9.13. The summed E-state index contributed by atoms with van der Waals surface area (Å²) >= 11 is 0. The summed E-state index contributed by atoms with van der Waals surface area (Å²) in [7, 11) is 2.96. The minimum atomic E-state index is -4.44. The van der Waals surface area contributed by atoms with Gasteiger partial charge in [-0.15, -0.1) is 0 Å². The van der Waals surface area contributed by atoms with Gasteiger partial charge >= 0.3 is 6.18 Å². The average Bonchev–Trinajstić information content (AvgIpc) is 3.23. The van der Waals surface area contributed by atoms with Gasteiger partial charge in [-0.3, -0.25) is 4.79 Å². The van der Waals surface area contributed by atoms with Crippen LogP contribution in [0.1, 0.15) is 27.4 Å². The third kappa shape index (κ3) is 5.69. The largest absolute Gasteiger partial charge is 0.497 e. The Morgan fingerprint density at radius 2 is 1.81 bits per heavy atom. The predicted molar refractivity (Wildman–Crippen MR) is 107 cm³/mol. The number of ether oxygens (including phenoxy) is 3. The molecule has 1 aromatic heterocycles. The molecule has 0 saturated heterocycles. The lowest BCUT2D eigenvalue weighted by Gasteiger charge is -2.09. The molecule has 0 N–H and O–H groups in total. The van der Waals surface area contributed by atoms with E-state index in [4.69, 9.17) is 18.6 Å². The second kappa shape index (κ2) is 9.42. The van der Waals surface area contributed by atoms with Crippen LogP contribution in [-0.2, 0) is 12.8 Å². The van der Waals surface area contributed by atoms with Crippen molar-refractivity contribution in [2.24, 2.45) is 0 Å². The van der Waals surface area contributed by atoms with Gasteiger partial charge in [0, 0.05) is 0 Å². The van der Waals surface area contributed by atoms with E-state index in [0.717, 1.165) is 12.1 Å². The van der Waals surface area contributed by atoms with E-state index in [1.165, 1.54) is 38.5 Å². The molecule has 0 amide bonds. The van der Waals surface area contributed by atoms with Crippen LogP contribution in [0.5, 0.6) is 17.2 Å². The van der Waals surface area contributed by atoms with Crippen LogP contribution in [0.4, 0.5) is 13.2 Å². The quantitative estimate of drug-likeness (QED) is 0.333. The first-order chi connectivity index (χ1) is 14.8. The molecule has 3 aromatic rings. The zero-order chi connectivity index (χ0) is 22.4. The highest BCUT2D eigenvalue weighted by atomic mass is 19.4. The third-order valence-corrected chi connectivity index (χ3v) is 4.30. The lowest BCUT2D eigenvalue weighted by atomic mass is 10.1. The molecule has 0 unspecified atom stereocenters. The molecule has 162 valence electrons. The number of hydrogen-bond acceptors (Lipinski definition) is 5. The van der Waals surface area contributed by atoms with Gasteiger partial charge in [0.15, 0.2) is 5.78 Å². The van der Waals surface area contributed by atoms with E-state index in [9.17, 15) is 18.0 Å². The Hall–Kier alpha value is -3.68. The summed E-state index contributed by atoms with van der Waals surface area (Å²) in [5.41, 5.74) is -0.461. The number of benzene rings is 2. The van der Waals surface area contributed by atoms with E-state index in [1.54, 1.807) is 30.3 Å². The van der Waals surface area contributed by atoms with Crippen molar-refractivity contribution >= 4 is 11.9 Å². The van der Waals surface area contributed by atoms with Gasteiger partial charge in [0.1, 0.15) is 35.4 Å². The van der Waals surface area contributed by atoms with Gasteiger partial charge in [0.25, 0.3) is 0 Å².